The summed E-state index contributed by atoms with van der Waals surface area (Å²) in [6.45, 7) is 2.55. The molecule has 0 spiro atoms. The van der Waals surface area contributed by atoms with E-state index in [-0.39, 0.29) is 5.75 Å². The van der Waals surface area contributed by atoms with Crippen LogP contribution in [0.3, 0.4) is 0 Å². The van der Waals surface area contributed by atoms with E-state index in [0.717, 1.165) is 28.7 Å². The zero-order valence-corrected chi connectivity index (χ0v) is 14.2. The maximum Gasteiger partial charge on any atom is 0.161 e. The SMILES string of the molecule is CCOc1cccc(Cc2ncc(C=O)c3cc(O)c(OC)cc23)c1. The first-order valence-corrected chi connectivity index (χ1v) is 8.01. The molecule has 0 atom stereocenters. The number of phenolic OH excluding ortho intramolecular Hbond substituents is 1. The Hall–Kier alpha value is -3.08. The predicted octanol–water partition coefficient (Wildman–Crippen LogP) is 3.75. The summed E-state index contributed by atoms with van der Waals surface area (Å²) in [5.41, 5.74) is 2.28. The molecule has 128 valence electrons. The predicted molar refractivity (Wildman–Crippen MR) is 95.8 cm³/mol. The monoisotopic (exact) mass is 337 g/mol. The third-order valence-electron chi connectivity index (χ3n) is 4.01. The van der Waals surface area contributed by atoms with Crippen molar-refractivity contribution in [2.75, 3.05) is 13.7 Å². The number of aromatic hydroxyl groups is 1. The topological polar surface area (TPSA) is 68.7 Å². The van der Waals surface area contributed by atoms with Crippen LogP contribution in [-0.2, 0) is 6.42 Å². The molecule has 1 heterocycles. The molecule has 5 nitrogen and oxygen atoms in total. The first-order valence-electron chi connectivity index (χ1n) is 8.01. The van der Waals surface area contributed by atoms with Gasteiger partial charge < -0.3 is 14.6 Å². The van der Waals surface area contributed by atoms with Crippen molar-refractivity contribution in [1.82, 2.24) is 4.98 Å². The summed E-state index contributed by atoms with van der Waals surface area (Å²) in [6, 6.07) is 11.1. The lowest BCUT2D eigenvalue weighted by molar-refractivity contribution is 0.112. The van der Waals surface area contributed by atoms with Crippen LogP contribution in [0, 0.1) is 0 Å². The Balaban J connectivity index is 2.09. The molecule has 1 N–H and O–H groups in total. The Morgan fingerprint density at radius 2 is 2.04 bits per heavy atom. The van der Waals surface area contributed by atoms with Gasteiger partial charge in [0, 0.05) is 23.6 Å². The number of carbonyl (C=O) groups excluding carboxylic acids is 1. The maximum atomic E-state index is 11.3. The van der Waals surface area contributed by atoms with Gasteiger partial charge in [-0.05, 0) is 42.1 Å². The van der Waals surface area contributed by atoms with Gasteiger partial charge in [0.15, 0.2) is 17.8 Å². The fraction of sp³-hybridized carbons (Fsp3) is 0.200. The third-order valence-corrected chi connectivity index (χ3v) is 4.01. The molecule has 1 aromatic heterocycles. The van der Waals surface area contributed by atoms with Gasteiger partial charge in [-0.25, -0.2) is 0 Å². The number of methoxy groups -OCH3 is 1. The van der Waals surface area contributed by atoms with Gasteiger partial charge >= 0.3 is 0 Å². The lowest BCUT2D eigenvalue weighted by Crippen LogP contribution is -1.99. The van der Waals surface area contributed by atoms with E-state index in [9.17, 15) is 9.90 Å². The molecule has 3 rings (SSSR count). The number of nitrogens with zero attached hydrogens (tertiary/aromatic N) is 1. The average Bonchev–Trinajstić information content (AvgIpc) is 2.62. The summed E-state index contributed by atoms with van der Waals surface area (Å²) in [4.78, 5) is 15.7. The van der Waals surface area contributed by atoms with Gasteiger partial charge in [-0.3, -0.25) is 9.78 Å². The molecule has 0 saturated heterocycles. The van der Waals surface area contributed by atoms with Crippen molar-refractivity contribution in [3.63, 3.8) is 0 Å². The number of rotatable bonds is 6. The van der Waals surface area contributed by atoms with Crippen LogP contribution in [-0.4, -0.2) is 30.1 Å². The number of fused-ring (bicyclic) bond motifs is 1. The van der Waals surface area contributed by atoms with Crippen LogP contribution in [0.5, 0.6) is 17.2 Å². The van der Waals surface area contributed by atoms with Crippen molar-refractivity contribution in [3.8, 4) is 17.2 Å². The van der Waals surface area contributed by atoms with Crippen molar-refractivity contribution < 1.29 is 19.4 Å². The first kappa shape index (κ1) is 16.8. The van der Waals surface area contributed by atoms with Gasteiger partial charge in [-0.15, -0.1) is 0 Å². The van der Waals surface area contributed by atoms with E-state index in [1.54, 1.807) is 12.1 Å². The van der Waals surface area contributed by atoms with E-state index in [1.165, 1.54) is 13.3 Å². The van der Waals surface area contributed by atoms with Crippen LogP contribution in [0.2, 0.25) is 0 Å². The molecule has 0 aliphatic carbocycles. The molecule has 0 amide bonds. The Morgan fingerprint density at radius 1 is 1.20 bits per heavy atom. The number of ether oxygens (including phenoxy) is 2. The van der Waals surface area contributed by atoms with E-state index >= 15 is 0 Å². The Morgan fingerprint density at radius 3 is 2.76 bits per heavy atom. The lowest BCUT2D eigenvalue weighted by atomic mass is 10.0. The molecule has 25 heavy (non-hydrogen) atoms. The van der Waals surface area contributed by atoms with E-state index < -0.39 is 0 Å². The van der Waals surface area contributed by atoms with Crippen molar-refractivity contribution in [2.45, 2.75) is 13.3 Å². The molecule has 0 bridgehead atoms. The van der Waals surface area contributed by atoms with Crippen LogP contribution in [0.4, 0.5) is 0 Å². The molecule has 0 radical (unpaired) electrons. The van der Waals surface area contributed by atoms with Crippen LogP contribution < -0.4 is 9.47 Å². The van der Waals surface area contributed by atoms with Crippen LogP contribution in [0.1, 0.15) is 28.5 Å². The van der Waals surface area contributed by atoms with Crippen molar-refractivity contribution in [3.05, 3.63) is 59.4 Å². The summed E-state index contributed by atoms with van der Waals surface area (Å²) in [5, 5.41) is 11.5. The van der Waals surface area contributed by atoms with Gasteiger partial charge in [0.1, 0.15) is 5.75 Å². The second-order valence-electron chi connectivity index (χ2n) is 5.60. The standard InChI is InChI=1S/C20H19NO4/c1-3-25-15-6-4-5-13(7-15)8-18-17-10-20(24-2)19(23)9-16(17)14(12-22)11-21-18/h4-7,9-12,23H,3,8H2,1-2H3. The van der Waals surface area contributed by atoms with E-state index in [2.05, 4.69) is 4.98 Å². The number of phenols is 1. The molecular formula is C20H19NO4. The molecule has 3 aromatic rings. The van der Waals surface area contributed by atoms with Gasteiger partial charge in [-0.1, -0.05) is 12.1 Å². The smallest absolute Gasteiger partial charge is 0.161 e. The summed E-state index contributed by atoms with van der Waals surface area (Å²) in [6.07, 6.45) is 2.84. The first-order chi connectivity index (χ1) is 12.2. The second kappa shape index (κ2) is 7.21. The molecule has 0 unspecified atom stereocenters. The van der Waals surface area contributed by atoms with Crippen molar-refractivity contribution in [1.29, 1.82) is 0 Å². The number of aromatic nitrogens is 1. The fourth-order valence-corrected chi connectivity index (χ4v) is 2.84. The molecule has 2 aromatic carbocycles. The molecule has 0 saturated carbocycles. The molecule has 0 fully saturated rings. The molecule has 5 heteroatoms. The highest BCUT2D eigenvalue weighted by Gasteiger charge is 2.13. The number of aldehydes is 1. The summed E-state index contributed by atoms with van der Waals surface area (Å²) in [5.74, 6) is 1.15. The minimum absolute atomic E-state index is 0.00593. The minimum Gasteiger partial charge on any atom is -0.504 e. The zero-order chi connectivity index (χ0) is 17.8. The summed E-state index contributed by atoms with van der Waals surface area (Å²) in [7, 11) is 1.49. The summed E-state index contributed by atoms with van der Waals surface area (Å²) < 4.78 is 10.7. The van der Waals surface area contributed by atoms with Crippen LogP contribution in [0.25, 0.3) is 10.8 Å². The summed E-state index contributed by atoms with van der Waals surface area (Å²) >= 11 is 0. The van der Waals surface area contributed by atoms with Gasteiger partial charge in [-0.2, -0.15) is 0 Å². The zero-order valence-electron chi connectivity index (χ0n) is 14.2. The van der Waals surface area contributed by atoms with E-state index in [0.29, 0.717) is 29.7 Å². The van der Waals surface area contributed by atoms with Crippen LogP contribution >= 0.6 is 0 Å². The fourth-order valence-electron chi connectivity index (χ4n) is 2.84. The number of pyridine rings is 1. The van der Waals surface area contributed by atoms with Gasteiger partial charge in [0.25, 0.3) is 0 Å². The lowest BCUT2D eigenvalue weighted by Gasteiger charge is -2.12. The number of hydrogen-bond donors (Lipinski definition) is 1. The number of benzene rings is 2. The van der Waals surface area contributed by atoms with Crippen LogP contribution in [0.15, 0.2) is 42.6 Å². The minimum atomic E-state index is -0.00593. The van der Waals surface area contributed by atoms with Gasteiger partial charge in [0.2, 0.25) is 0 Å². The largest absolute Gasteiger partial charge is 0.504 e. The Labute approximate surface area is 145 Å². The third kappa shape index (κ3) is 3.40. The Bertz CT molecular complexity index is 921. The maximum absolute atomic E-state index is 11.3. The van der Waals surface area contributed by atoms with Gasteiger partial charge in [0.05, 0.1) is 19.4 Å². The van der Waals surface area contributed by atoms with E-state index in [1.807, 2.05) is 31.2 Å². The molecule has 0 aliphatic rings. The second-order valence-corrected chi connectivity index (χ2v) is 5.60. The molecule has 0 aliphatic heterocycles. The highest BCUT2D eigenvalue weighted by atomic mass is 16.5. The highest BCUT2D eigenvalue weighted by Crippen LogP contribution is 2.34. The number of hydrogen-bond acceptors (Lipinski definition) is 5. The van der Waals surface area contributed by atoms with Crippen molar-refractivity contribution in [2.24, 2.45) is 0 Å². The average molecular weight is 337 g/mol. The molecular weight excluding hydrogens is 318 g/mol. The quantitative estimate of drug-likeness (QED) is 0.694. The number of carbonyl (C=O) groups is 1. The Kier molecular flexibility index (Phi) is 4.84. The normalized spacial score (nSPS) is 10.6. The highest BCUT2D eigenvalue weighted by molar-refractivity contribution is 6.00. The van der Waals surface area contributed by atoms with E-state index in [4.69, 9.17) is 9.47 Å². The van der Waals surface area contributed by atoms with Crippen molar-refractivity contribution >= 4 is 17.1 Å².